The minimum atomic E-state index is 0.279. The minimum Gasteiger partial charge on any atom is -0.335 e. The Morgan fingerprint density at radius 3 is 2.12 bits per heavy atom. The van der Waals surface area contributed by atoms with Gasteiger partial charge in [-0.3, -0.25) is 4.79 Å². The van der Waals surface area contributed by atoms with Crippen LogP contribution in [-0.4, -0.2) is 32.4 Å². The molecule has 4 nitrogen and oxygen atoms in total. The maximum Gasteiger partial charge on any atom is 0.243 e. The Kier molecular flexibility index (Phi) is 6.29. The molecule has 4 heteroatoms. The molecular weight excluding hydrogens is 394 g/mol. The van der Waals surface area contributed by atoms with E-state index in [9.17, 15) is 4.79 Å². The number of aromatic nitrogens is 2. The van der Waals surface area contributed by atoms with Gasteiger partial charge in [0, 0.05) is 17.6 Å². The minimum absolute atomic E-state index is 0.279. The lowest BCUT2D eigenvalue weighted by molar-refractivity contribution is -0.138. The van der Waals surface area contributed by atoms with Crippen molar-refractivity contribution in [1.29, 1.82) is 0 Å². The van der Waals surface area contributed by atoms with E-state index in [1.54, 1.807) is 0 Å². The van der Waals surface area contributed by atoms with Crippen molar-refractivity contribution in [1.82, 2.24) is 14.5 Å². The summed E-state index contributed by atoms with van der Waals surface area (Å²) in [6, 6.07) is 17.4. The molecule has 1 aromatic heterocycles. The molecule has 0 radical (unpaired) electrons. The first-order chi connectivity index (χ1) is 15.7. The van der Waals surface area contributed by atoms with Crippen LogP contribution in [0.15, 0.2) is 48.5 Å². The summed E-state index contributed by atoms with van der Waals surface area (Å²) in [5.41, 5.74) is 4.30. The lowest BCUT2D eigenvalue weighted by Crippen LogP contribution is -2.50. The first kappa shape index (κ1) is 21.2. The Labute approximate surface area is 191 Å². The third-order valence-corrected chi connectivity index (χ3v) is 7.56. The number of benzene rings is 2. The van der Waals surface area contributed by atoms with Crippen LogP contribution >= 0.6 is 0 Å². The molecular formula is C28H35N3O. The van der Waals surface area contributed by atoms with E-state index in [1.807, 2.05) is 12.1 Å². The Balaban J connectivity index is 1.52. The number of carbonyl (C=O) groups is 1. The van der Waals surface area contributed by atoms with E-state index in [0.717, 1.165) is 48.1 Å². The largest absolute Gasteiger partial charge is 0.335 e. The molecule has 1 amide bonds. The maximum absolute atomic E-state index is 14.0. The summed E-state index contributed by atoms with van der Waals surface area (Å²) < 4.78 is 2.17. The van der Waals surface area contributed by atoms with Crippen molar-refractivity contribution in [3.8, 4) is 11.4 Å². The number of hydrogen-bond donors (Lipinski definition) is 0. The first-order valence-corrected chi connectivity index (χ1v) is 12.5. The zero-order valence-corrected chi connectivity index (χ0v) is 19.3. The van der Waals surface area contributed by atoms with Gasteiger partial charge in [-0.25, -0.2) is 4.98 Å². The summed E-state index contributed by atoms with van der Waals surface area (Å²) in [7, 11) is 0. The Hall–Kier alpha value is -2.62. The molecule has 0 N–H and O–H groups in total. The Morgan fingerprint density at radius 1 is 0.875 bits per heavy atom. The van der Waals surface area contributed by atoms with Crippen LogP contribution in [0.3, 0.4) is 0 Å². The Morgan fingerprint density at radius 2 is 1.47 bits per heavy atom. The third-order valence-electron chi connectivity index (χ3n) is 7.56. The van der Waals surface area contributed by atoms with E-state index in [-0.39, 0.29) is 5.91 Å². The molecule has 5 rings (SSSR count). The second kappa shape index (κ2) is 9.48. The highest BCUT2D eigenvalue weighted by Crippen LogP contribution is 2.32. The highest BCUT2D eigenvalue weighted by molar-refractivity contribution is 5.85. The van der Waals surface area contributed by atoms with Crippen molar-refractivity contribution in [2.75, 3.05) is 0 Å². The van der Waals surface area contributed by atoms with Crippen molar-refractivity contribution < 1.29 is 4.79 Å². The SMILES string of the molecule is Cc1ccccc1-c1nc2ccccc2n1CC(=O)N(C1CCCCC1)C1CCCCC1. The molecule has 0 atom stereocenters. The summed E-state index contributed by atoms with van der Waals surface area (Å²) in [5, 5.41) is 0. The fourth-order valence-electron chi connectivity index (χ4n) is 5.91. The van der Waals surface area contributed by atoms with Gasteiger partial charge < -0.3 is 9.47 Å². The van der Waals surface area contributed by atoms with Crippen LogP contribution in [-0.2, 0) is 11.3 Å². The van der Waals surface area contributed by atoms with Crippen LogP contribution in [0.5, 0.6) is 0 Å². The van der Waals surface area contributed by atoms with Gasteiger partial charge in [-0.1, -0.05) is 74.9 Å². The van der Waals surface area contributed by atoms with E-state index < -0.39 is 0 Å². The van der Waals surface area contributed by atoms with Crippen LogP contribution in [0.4, 0.5) is 0 Å². The average Bonchev–Trinajstić information content (AvgIpc) is 3.19. The predicted molar refractivity (Wildman–Crippen MR) is 130 cm³/mol. The summed E-state index contributed by atoms with van der Waals surface area (Å²) in [6.45, 7) is 2.49. The number of amides is 1. The lowest BCUT2D eigenvalue weighted by atomic mass is 9.88. The maximum atomic E-state index is 14.0. The quantitative estimate of drug-likeness (QED) is 0.464. The van der Waals surface area contributed by atoms with Gasteiger partial charge >= 0.3 is 0 Å². The third kappa shape index (κ3) is 4.20. The van der Waals surface area contributed by atoms with E-state index in [1.165, 1.54) is 44.1 Å². The van der Waals surface area contributed by atoms with Crippen LogP contribution in [0, 0.1) is 6.92 Å². The second-order valence-electron chi connectivity index (χ2n) is 9.71. The van der Waals surface area contributed by atoms with Crippen molar-refractivity contribution in [2.45, 2.75) is 89.8 Å². The van der Waals surface area contributed by atoms with Crippen LogP contribution in [0.2, 0.25) is 0 Å². The number of nitrogens with zero attached hydrogens (tertiary/aromatic N) is 3. The van der Waals surface area contributed by atoms with Gasteiger partial charge in [0.1, 0.15) is 12.4 Å². The number of rotatable bonds is 5. The molecule has 0 spiro atoms. The topological polar surface area (TPSA) is 38.1 Å². The van der Waals surface area contributed by atoms with Crippen molar-refractivity contribution in [2.24, 2.45) is 0 Å². The van der Waals surface area contributed by atoms with Gasteiger partial charge in [-0.05, 0) is 50.3 Å². The molecule has 0 aliphatic heterocycles. The monoisotopic (exact) mass is 429 g/mol. The fourth-order valence-corrected chi connectivity index (χ4v) is 5.91. The standard InChI is InChI=1S/C28H35N3O/c1-21-12-8-9-17-24(21)28-29-25-18-10-11-19-26(25)30(28)20-27(32)31(22-13-4-2-5-14-22)23-15-6-3-7-16-23/h8-12,17-19,22-23H,2-7,13-16,20H2,1H3. The number of hydrogen-bond acceptors (Lipinski definition) is 2. The van der Waals surface area contributed by atoms with Crippen molar-refractivity contribution in [3.63, 3.8) is 0 Å². The van der Waals surface area contributed by atoms with Gasteiger partial charge in [0.25, 0.3) is 0 Å². The number of imidazole rings is 1. The van der Waals surface area contributed by atoms with Crippen LogP contribution in [0.25, 0.3) is 22.4 Å². The average molecular weight is 430 g/mol. The first-order valence-electron chi connectivity index (χ1n) is 12.5. The Bertz CT molecular complexity index is 1060. The van der Waals surface area contributed by atoms with Crippen LogP contribution < -0.4 is 0 Å². The molecule has 32 heavy (non-hydrogen) atoms. The highest BCUT2D eigenvalue weighted by Gasteiger charge is 2.33. The smallest absolute Gasteiger partial charge is 0.243 e. The normalized spacial score (nSPS) is 18.2. The molecule has 2 aromatic carbocycles. The molecule has 2 aliphatic rings. The van der Waals surface area contributed by atoms with Gasteiger partial charge in [0.2, 0.25) is 5.91 Å². The fraction of sp³-hybridized carbons (Fsp3) is 0.500. The summed E-state index contributed by atoms with van der Waals surface area (Å²) in [5.74, 6) is 1.19. The van der Waals surface area contributed by atoms with Gasteiger partial charge in [-0.2, -0.15) is 0 Å². The zero-order valence-electron chi connectivity index (χ0n) is 19.3. The van der Waals surface area contributed by atoms with Crippen molar-refractivity contribution in [3.05, 3.63) is 54.1 Å². The van der Waals surface area contributed by atoms with E-state index in [4.69, 9.17) is 4.98 Å². The zero-order chi connectivity index (χ0) is 21.9. The predicted octanol–water partition coefficient (Wildman–Crippen LogP) is 6.51. The van der Waals surface area contributed by atoms with Crippen LogP contribution in [0.1, 0.15) is 69.8 Å². The second-order valence-corrected chi connectivity index (χ2v) is 9.71. The van der Waals surface area contributed by atoms with Gasteiger partial charge in [-0.15, -0.1) is 0 Å². The summed E-state index contributed by atoms with van der Waals surface area (Å²) >= 11 is 0. The molecule has 2 aliphatic carbocycles. The molecule has 2 fully saturated rings. The summed E-state index contributed by atoms with van der Waals surface area (Å²) in [6.07, 6.45) is 12.3. The highest BCUT2D eigenvalue weighted by atomic mass is 16.2. The van der Waals surface area contributed by atoms with Gasteiger partial charge in [0.05, 0.1) is 11.0 Å². The molecule has 0 bridgehead atoms. The molecule has 3 aromatic rings. The molecule has 168 valence electrons. The number of fused-ring (bicyclic) bond motifs is 1. The molecule has 2 saturated carbocycles. The summed E-state index contributed by atoms with van der Waals surface area (Å²) in [4.78, 5) is 21.3. The van der Waals surface area contributed by atoms with E-state index in [0.29, 0.717) is 18.6 Å². The van der Waals surface area contributed by atoms with Crippen molar-refractivity contribution >= 4 is 16.9 Å². The number of aryl methyl sites for hydroxylation is 1. The van der Waals surface area contributed by atoms with Gasteiger partial charge in [0.15, 0.2) is 0 Å². The molecule has 0 saturated heterocycles. The molecule has 1 heterocycles. The van der Waals surface area contributed by atoms with E-state index in [2.05, 4.69) is 52.8 Å². The number of para-hydroxylation sites is 2. The number of carbonyl (C=O) groups excluding carboxylic acids is 1. The van der Waals surface area contributed by atoms with E-state index >= 15 is 0 Å². The molecule has 0 unspecified atom stereocenters. The lowest BCUT2D eigenvalue weighted by Gasteiger charge is -2.42.